The molecular weight excluding hydrogens is 367 g/mol. The summed E-state index contributed by atoms with van der Waals surface area (Å²) in [5.41, 5.74) is 2.02. The second-order valence-electron chi connectivity index (χ2n) is 6.92. The summed E-state index contributed by atoms with van der Waals surface area (Å²) in [7, 11) is 0. The zero-order valence-corrected chi connectivity index (χ0v) is 16.8. The summed E-state index contributed by atoms with van der Waals surface area (Å²) in [6, 6.07) is 17.7. The van der Waals surface area contributed by atoms with Gasteiger partial charge in [-0.05, 0) is 36.2 Å². The lowest BCUT2D eigenvalue weighted by Crippen LogP contribution is -2.08. The molecule has 0 bridgehead atoms. The van der Waals surface area contributed by atoms with E-state index in [0.717, 1.165) is 29.7 Å². The van der Waals surface area contributed by atoms with Gasteiger partial charge in [0.05, 0.1) is 19.0 Å². The van der Waals surface area contributed by atoms with E-state index >= 15 is 0 Å². The fraction of sp³-hybridized carbons (Fsp3) is 0.333. The summed E-state index contributed by atoms with van der Waals surface area (Å²) in [6.07, 6.45) is 5.36. The van der Waals surface area contributed by atoms with E-state index in [4.69, 9.17) is 9.47 Å². The molecule has 1 unspecified atom stereocenters. The Balaban J connectivity index is 1.48. The summed E-state index contributed by atoms with van der Waals surface area (Å²) in [5, 5.41) is 0. The Kier molecular flexibility index (Phi) is 7.99. The second-order valence-corrected chi connectivity index (χ2v) is 6.92. The molecule has 1 aromatic heterocycles. The van der Waals surface area contributed by atoms with Crippen molar-refractivity contribution >= 4 is 0 Å². The second kappa shape index (κ2) is 11.1. The van der Waals surface area contributed by atoms with Gasteiger partial charge in [0.15, 0.2) is 11.6 Å². The molecule has 0 saturated carbocycles. The van der Waals surface area contributed by atoms with Gasteiger partial charge in [-0.15, -0.1) is 0 Å². The van der Waals surface area contributed by atoms with Crippen molar-refractivity contribution in [1.82, 2.24) is 9.97 Å². The van der Waals surface area contributed by atoms with Crippen molar-refractivity contribution in [2.75, 3.05) is 6.61 Å². The predicted octanol–water partition coefficient (Wildman–Crippen LogP) is 6.02. The van der Waals surface area contributed by atoms with Crippen LogP contribution in [0.15, 0.2) is 67.0 Å². The molecule has 4 nitrogen and oxygen atoms in total. The van der Waals surface area contributed by atoms with Crippen molar-refractivity contribution in [2.45, 2.75) is 45.4 Å². The third-order valence-electron chi connectivity index (χ3n) is 4.56. The Bertz CT molecular complexity index is 839. The maximum atomic E-state index is 13.6. The van der Waals surface area contributed by atoms with Crippen molar-refractivity contribution in [3.8, 4) is 22.9 Å². The van der Waals surface area contributed by atoms with Gasteiger partial charge in [0.2, 0.25) is 0 Å². The fourth-order valence-electron chi connectivity index (χ4n) is 2.86. The van der Waals surface area contributed by atoms with Gasteiger partial charge in [-0.2, -0.15) is 0 Å². The Labute approximate surface area is 171 Å². The van der Waals surface area contributed by atoms with E-state index in [1.165, 1.54) is 0 Å². The third-order valence-corrected chi connectivity index (χ3v) is 4.56. The van der Waals surface area contributed by atoms with Crippen molar-refractivity contribution in [3.63, 3.8) is 0 Å². The minimum absolute atomic E-state index is 0.334. The molecule has 0 amide bonds. The van der Waals surface area contributed by atoms with Crippen LogP contribution in [0.4, 0.5) is 4.39 Å². The Morgan fingerprint density at radius 2 is 1.59 bits per heavy atom. The molecule has 0 spiro atoms. The monoisotopic (exact) mass is 394 g/mol. The minimum atomic E-state index is -0.808. The first-order chi connectivity index (χ1) is 14.2. The Hall–Kier alpha value is -2.95. The zero-order valence-electron chi connectivity index (χ0n) is 16.8. The van der Waals surface area contributed by atoms with Gasteiger partial charge < -0.3 is 9.47 Å². The van der Waals surface area contributed by atoms with Crippen LogP contribution in [-0.4, -0.2) is 22.7 Å². The van der Waals surface area contributed by atoms with Gasteiger partial charge in [0.1, 0.15) is 18.5 Å². The van der Waals surface area contributed by atoms with Crippen LogP contribution >= 0.6 is 0 Å². The SMILES string of the molecule is CCCCC(F)CCOc1cnc(-c2ccc(OCc3ccccc3)cc2)nc1. The summed E-state index contributed by atoms with van der Waals surface area (Å²) in [4.78, 5) is 8.70. The number of benzene rings is 2. The first kappa shape index (κ1) is 20.8. The molecule has 0 fully saturated rings. The number of aromatic nitrogens is 2. The summed E-state index contributed by atoms with van der Waals surface area (Å²) in [6.45, 7) is 2.93. The molecule has 0 N–H and O–H groups in total. The number of hydrogen-bond acceptors (Lipinski definition) is 4. The van der Waals surface area contributed by atoms with E-state index in [1.54, 1.807) is 12.4 Å². The molecule has 0 aliphatic heterocycles. The normalized spacial score (nSPS) is 11.8. The van der Waals surface area contributed by atoms with Crippen LogP contribution in [-0.2, 0) is 6.61 Å². The van der Waals surface area contributed by atoms with Crippen LogP contribution < -0.4 is 9.47 Å². The lowest BCUT2D eigenvalue weighted by atomic mass is 10.1. The number of hydrogen-bond donors (Lipinski definition) is 0. The molecule has 152 valence electrons. The quantitative estimate of drug-likeness (QED) is 0.399. The number of alkyl halides is 1. The first-order valence-electron chi connectivity index (χ1n) is 10.1. The van der Waals surface area contributed by atoms with Crippen molar-refractivity contribution in [1.29, 1.82) is 0 Å². The van der Waals surface area contributed by atoms with E-state index in [0.29, 0.717) is 37.6 Å². The van der Waals surface area contributed by atoms with E-state index in [9.17, 15) is 4.39 Å². The number of unbranched alkanes of at least 4 members (excludes halogenated alkanes) is 1. The van der Waals surface area contributed by atoms with Crippen LogP contribution in [0, 0.1) is 0 Å². The van der Waals surface area contributed by atoms with Gasteiger partial charge in [-0.25, -0.2) is 14.4 Å². The standard InChI is InChI=1S/C24H27FN2O2/c1-2-3-9-21(25)14-15-28-23-16-26-24(27-17-23)20-10-12-22(13-11-20)29-18-19-7-5-4-6-8-19/h4-8,10-13,16-17,21H,2-3,9,14-15,18H2,1H3. The highest BCUT2D eigenvalue weighted by Gasteiger charge is 2.07. The molecule has 1 atom stereocenters. The highest BCUT2D eigenvalue weighted by atomic mass is 19.1. The van der Waals surface area contributed by atoms with Gasteiger partial charge in [0.25, 0.3) is 0 Å². The van der Waals surface area contributed by atoms with E-state index < -0.39 is 6.17 Å². The number of rotatable bonds is 11. The molecule has 3 aromatic rings. The van der Waals surface area contributed by atoms with Crippen molar-refractivity contribution in [2.24, 2.45) is 0 Å². The molecule has 0 saturated heterocycles. The minimum Gasteiger partial charge on any atom is -0.490 e. The summed E-state index contributed by atoms with van der Waals surface area (Å²) in [5.74, 6) is 1.96. The Morgan fingerprint density at radius 1 is 0.862 bits per heavy atom. The maximum absolute atomic E-state index is 13.6. The lowest BCUT2D eigenvalue weighted by Gasteiger charge is -2.09. The number of ether oxygens (including phenoxy) is 2. The number of nitrogens with zero attached hydrogens (tertiary/aromatic N) is 2. The molecule has 2 aromatic carbocycles. The maximum Gasteiger partial charge on any atom is 0.159 e. The smallest absolute Gasteiger partial charge is 0.159 e. The van der Waals surface area contributed by atoms with Crippen molar-refractivity contribution < 1.29 is 13.9 Å². The van der Waals surface area contributed by atoms with Crippen LogP contribution in [0.1, 0.15) is 38.2 Å². The van der Waals surface area contributed by atoms with E-state index in [-0.39, 0.29) is 0 Å². The Morgan fingerprint density at radius 3 is 2.28 bits per heavy atom. The summed E-state index contributed by atoms with van der Waals surface area (Å²) >= 11 is 0. The van der Waals surface area contributed by atoms with Crippen molar-refractivity contribution in [3.05, 3.63) is 72.6 Å². The van der Waals surface area contributed by atoms with Crippen LogP contribution in [0.3, 0.4) is 0 Å². The molecule has 0 aliphatic carbocycles. The van der Waals surface area contributed by atoms with Crippen LogP contribution in [0.5, 0.6) is 11.5 Å². The van der Waals surface area contributed by atoms with Gasteiger partial charge >= 0.3 is 0 Å². The topological polar surface area (TPSA) is 44.2 Å². The molecule has 0 aliphatic rings. The van der Waals surface area contributed by atoms with E-state index in [1.807, 2.05) is 54.6 Å². The molecule has 0 radical (unpaired) electrons. The average Bonchev–Trinajstić information content (AvgIpc) is 2.78. The third kappa shape index (κ3) is 6.86. The van der Waals surface area contributed by atoms with Crippen LogP contribution in [0.25, 0.3) is 11.4 Å². The molecule has 1 heterocycles. The molecule has 5 heteroatoms. The zero-order chi connectivity index (χ0) is 20.3. The largest absolute Gasteiger partial charge is 0.490 e. The number of halogens is 1. The molecular formula is C24H27FN2O2. The van der Waals surface area contributed by atoms with Gasteiger partial charge in [-0.3, -0.25) is 0 Å². The van der Waals surface area contributed by atoms with Crippen LogP contribution in [0.2, 0.25) is 0 Å². The fourth-order valence-corrected chi connectivity index (χ4v) is 2.86. The van der Waals surface area contributed by atoms with Gasteiger partial charge in [0, 0.05) is 12.0 Å². The predicted molar refractivity (Wildman–Crippen MR) is 113 cm³/mol. The molecule has 3 rings (SSSR count). The lowest BCUT2D eigenvalue weighted by molar-refractivity contribution is 0.222. The van der Waals surface area contributed by atoms with E-state index in [2.05, 4.69) is 16.9 Å². The summed E-state index contributed by atoms with van der Waals surface area (Å²) < 4.78 is 25.0. The van der Waals surface area contributed by atoms with Gasteiger partial charge in [-0.1, -0.05) is 50.1 Å². The molecule has 29 heavy (non-hydrogen) atoms. The highest BCUT2D eigenvalue weighted by Crippen LogP contribution is 2.21. The highest BCUT2D eigenvalue weighted by molar-refractivity contribution is 5.56. The first-order valence-corrected chi connectivity index (χ1v) is 10.1. The average molecular weight is 394 g/mol.